The Morgan fingerprint density at radius 1 is 0.309 bits per heavy atom. The fourth-order valence-electron chi connectivity index (χ4n) is 6.89. The first-order chi connectivity index (χ1) is 33.5. The van der Waals surface area contributed by atoms with E-state index in [1.807, 2.05) is 0 Å². The minimum absolute atomic E-state index is 0.112. The third-order valence-corrected chi connectivity index (χ3v) is 10.9. The van der Waals surface area contributed by atoms with E-state index in [0.29, 0.717) is 19.3 Å². The molecular formula is C62H98O6. The van der Waals surface area contributed by atoms with Crippen LogP contribution in [-0.2, 0) is 28.6 Å². The summed E-state index contributed by atoms with van der Waals surface area (Å²) in [4.78, 5) is 38.0. The van der Waals surface area contributed by atoms with E-state index < -0.39 is 6.10 Å². The Morgan fingerprint density at radius 2 is 0.588 bits per heavy atom. The minimum atomic E-state index is -0.821. The van der Waals surface area contributed by atoms with E-state index in [4.69, 9.17) is 14.2 Å². The van der Waals surface area contributed by atoms with Crippen molar-refractivity contribution in [1.29, 1.82) is 0 Å². The Morgan fingerprint density at radius 3 is 0.941 bits per heavy atom. The van der Waals surface area contributed by atoms with Crippen LogP contribution in [-0.4, -0.2) is 37.2 Å². The second-order valence-corrected chi connectivity index (χ2v) is 17.4. The predicted molar refractivity (Wildman–Crippen MR) is 292 cm³/mol. The van der Waals surface area contributed by atoms with Gasteiger partial charge in [0.2, 0.25) is 0 Å². The molecule has 0 aliphatic rings. The van der Waals surface area contributed by atoms with Gasteiger partial charge in [-0.15, -0.1) is 0 Å². The fraction of sp³-hybridized carbons (Fsp3) is 0.597. The number of ether oxygens (including phenoxy) is 3. The van der Waals surface area contributed by atoms with Crippen LogP contribution in [0, 0.1) is 0 Å². The number of hydrogen-bond acceptors (Lipinski definition) is 6. The largest absolute Gasteiger partial charge is 0.462 e. The van der Waals surface area contributed by atoms with Gasteiger partial charge < -0.3 is 14.2 Å². The van der Waals surface area contributed by atoms with Gasteiger partial charge in [-0.05, 0) is 109 Å². The lowest BCUT2D eigenvalue weighted by Crippen LogP contribution is -2.30. The van der Waals surface area contributed by atoms with Crippen LogP contribution >= 0.6 is 0 Å². The Balaban J connectivity index is 4.48. The van der Waals surface area contributed by atoms with E-state index in [1.54, 1.807) is 0 Å². The van der Waals surface area contributed by atoms with Gasteiger partial charge in [-0.3, -0.25) is 14.4 Å². The number of rotatable bonds is 47. The summed E-state index contributed by atoms with van der Waals surface area (Å²) in [6.07, 6.45) is 77.3. The minimum Gasteiger partial charge on any atom is -0.462 e. The van der Waals surface area contributed by atoms with Crippen LogP contribution in [0.3, 0.4) is 0 Å². The topological polar surface area (TPSA) is 78.9 Å². The van der Waals surface area contributed by atoms with Crippen LogP contribution < -0.4 is 0 Å². The summed E-state index contributed by atoms with van der Waals surface area (Å²) in [6, 6.07) is 0. The molecule has 1 atom stereocenters. The Hall–Kier alpha value is -4.45. The first-order valence-electron chi connectivity index (χ1n) is 27.2. The van der Waals surface area contributed by atoms with Crippen LogP contribution in [0.5, 0.6) is 0 Å². The molecular weight excluding hydrogens is 841 g/mol. The third kappa shape index (κ3) is 52.5. The van der Waals surface area contributed by atoms with E-state index >= 15 is 0 Å². The van der Waals surface area contributed by atoms with E-state index in [1.165, 1.54) is 44.9 Å². The Labute approximate surface area is 417 Å². The lowest BCUT2D eigenvalue weighted by Gasteiger charge is -2.18. The monoisotopic (exact) mass is 939 g/mol. The lowest BCUT2D eigenvalue weighted by atomic mass is 10.1. The van der Waals surface area contributed by atoms with Gasteiger partial charge in [0.15, 0.2) is 6.10 Å². The number of carbonyl (C=O) groups is 3. The van der Waals surface area contributed by atoms with Crippen molar-refractivity contribution < 1.29 is 28.6 Å². The number of esters is 3. The van der Waals surface area contributed by atoms with Gasteiger partial charge in [0.05, 0.1) is 0 Å². The van der Waals surface area contributed by atoms with E-state index in [2.05, 4.69) is 154 Å². The molecule has 68 heavy (non-hydrogen) atoms. The molecule has 6 heteroatoms. The highest BCUT2D eigenvalue weighted by Gasteiger charge is 2.19. The number of allylic oxidation sites excluding steroid dienone is 22. The molecule has 382 valence electrons. The van der Waals surface area contributed by atoms with Crippen LogP contribution in [0.2, 0.25) is 0 Å². The molecule has 0 saturated heterocycles. The maximum Gasteiger partial charge on any atom is 0.306 e. The van der Waals surface area contributed by atoms with Gasteiger partial charge in [0.1, 0.15) is 13.2 Å². The third-order valence-electron chi connectivity index (χ3n) is 10.9. The molecule has 0 spiro atoms. The Bertz CT molecular complexity index is 1500. The number of carbonyl (C=O) groups excluding carboxylic acids is 3. The van der Waals surface area contributed by atoms with E-state index in [-0.39, 0.29) is 37.5 Å². The van der Waals surface area contributed by atoms with Gasteiger partial charge in [0.25, 0.3) is 0 Å². The van der Waals surface area contributed by atoms with Crippen molar-refractivity contribution in [2.45, 2.75) is 226 Å². The quantitative estimate of drug-likeness (QED) is 0.0262. The SMILES string of the molecule is CC/C=C\C/C=C\C/C=C\C/C=C\C/C=C\C/C=C\CCCCCCC(=O)OCC(COC(=O)CCCCCCCCCCCC)OC(=O)CCC/C=C\C/C=C\C/C=C\C/C=C\C/C=C\CC. The van der Waals surface area contributed by atoms with Crippen LogP contribution in [0.4, 0.5) is 0 Å². The zero-order valence-corrected chi connectivity index (χ0v) is 43.6. The first-order valence-corrected chi connectivity index (χ1v) is 27.2. The molecule has 0 aromatic heterocycles. The highest BCUT2D eigenvalue weighted by Crippen LogP contribution is 2.13. The number of hydrogen-bond donors (Lipinski definition) is 0. The molecule has 0 aliphatic carbocycles. The number of unbranched alkanes of at least 4 members (excludes halogenated alkanes) is 14. The van der Waals surface area contributed by atoms with Crippen molar-refractivity contribution in [3.05, 3.63) is 134 Å². The maximum absolute atomic E-state index is 12.8. The molecule has 0 fully saturated rings. The van der Waals surface area contributed by atoms with Crippen LogP contribution in [0.1, 0.15) is 220 Å². The highest BCUT2D eigenvalue weighted by atomic mass is 16.6. The van der Waals surface area contributed by atoms with Gasteiger partial charge in [-0.2, -0.15) is 0 Å². The fourth-order valence-corrected chi connectivity index (χ4v) is 6.89. The normalized spacial score (nSPS) is 13.2. The molecule has 0 rings (SSSR count). The van der Waals surface area contributed by atoms with Crippen molar-refractivity contribution in [3.8, 4) is 0 Å². The van der Waals surface area contributed by atoms with E-state index in [9.17, 15) is 14.4 Å². The van der Waals surface area contributed by atoms with Gasteiger partial charge in [0, 0.05) is 19.3 Å². The van der Waals surface area contributed by atoms with Gasteiger partial charge in [-0.25, -0.2) is 0 Å². The lowest BCUT2D eigenvalue weighted by molar-refractivity contribution is -0.167. The maximum atomic E-state index is 12.8. The smallest absolute Gasteiger partial charge is 0.306 e. The molecule has 0 N–H and O–H groups in total. The van der Waals surface area contributed by atoms with Crippen molar-refractivity contribution in [2.75, 3.05) is 13.2 Å². The zero-order valence-electron chi connectivity index (χ0n) is 43.6. The highest BCUT2D eigenvalue weighted by molar-refractivity contribution is 5.71. The zero-order chi connectivity index (χ0) is 49.3. The summed E-state index contributed by atoms with van der Waals surface area (Å²) in [5, 5.41) is 0. The summed E-state index contributed by atoms with van der Waals surface area (Å²) < 4.78 is 16.7. The Kier molecular flexibility index (Phi) is 51.5. The summed E-state index contributed by atoms with van der Waals surface area (Å²) in [7, 11) is 0. The molecule has 0 aliphatic heterocycles. The predicted octanol–water partition coefficient (Wildman–Crippen LogP) is 18.3. The summed E-state index contributed by atoms with van der Waals surface area (Å²) in [5.74, 6) is -1.01. The molecule has 0 heterocycles. The molecule has 0 amide bonds. The second kappa shape index (κ2) is 55.1. The van der Waals surface area contributed by atoms with Crippen LogP contribution in [0.25, 0.3) is 0 Å². The first kappa shape index (κ1) is 63.5. The molecule has 0 bridgehead atoms. The summed E-state index contributed by atoms with van der Waals surface area (Å²) in [5.41, 5.74) is 0. The molecule has 1 unspecified atom stereocenters. The van der Waals surface area contributed by atoms with Gasteiger partial charge in [-0.1, -0.05) is 225 Å². The average molecular weight is 939 g/mol. The van der Waals surface area contributed by atoms with Gasteiger partial charge >= 0.3 is 17.9 Å². The summed E-state index contributed by atoms with van der Waals surface area (Å²) >= 11 is 0. The van der Waals surface area contributed by atoms with E-state index in [0.717, 1.165) is 128 Å². The van der Waals surface area contributed by atoms with Crippen molar-refractivity contribution in [1.82, 2.24) is 0 Å². The molecule has 0 saturated carbocycles. The standard InChI is InChI=1S/C62H98O6/c1-4-7-10-13-16-19-22-24-26-28-29-30-31-32-33-35-36-38-40-43-46-49-52-55-61(64)67-58-59(57-66-60(63)54-51-48-45-42-21-18-15-12-9-6-3)68-62(65)56-53-50-47-44-41-39-37-34-27-25-23-20-17-14-11-8-5-2/h7-8,10-11,16-17,19-20,24-27,29-30,32-33,36-39,44,47,59H,4-6,9,12-15,18,21-23,28,31,34-35,40-43,45-46,48-58H2,1-3H3/b10-7-,11-8-,19-16-,20-17-,26-24-,27-25-,30-29-,33-32-,38-36-,39-37-,47-44-. The second-order valence-electron chi connectivity index (χ2n) is 17.4. The molecule has 0 radical (unpaired) electrons. The average Bonchev–Trinajstić information content (AvgIpc) is 3.34. The summed E-state index contributed by atoms with van der Waals surface area (Å²) in [6.45, 7) is 6.31. The van der Waals surface area contributed by atoms with Crippen LogP contribution in [0.15, 0.2) is 134 Å². The van der Waals surface area contributed by atoms with Crippen molar-refractivity contribution >= 4 is 17.9 Å². The van der Waals surface area contributed by atoms with Crippen molar-refractivity contribution in [2.24, 2.45) is 0 Å². The van der Waals surface area contributed by atoms with Crippen molar-refractivity contribution in [3.63, 3.8) is 0 Å². The molecule has 0 aromatic rings. The molecule has 6 nitrogen and oxygen atoms in total. The molecule has 0 aromatic carbocycles.